The first kappa shape index (κ1) is 21.2. The molecule has 0 radical (unpaired) electrons. The number of aliphatic hydroxyl groups is 1. The van der Waals surface area contributed by atoms with Gasteiger partial charge in [0.05, 0.1) is 11.8 Å². The first-order valence-corrected chi connectivity index (χ1v) is 10.2. The molecular weight excluding hydrogens is 368 g/mol. The molecule has 1 N–H and O–H groups in total. The van der Waals surface area contributed by atoms with Crippen molar-refractivity contribution >= 4 is 11.6 Å². The molecule has 0 unspecified atom stereocenters. The van der Waals surface area contributed by atoms with Crippen molar-refractivity contribution < 1.29 is 14.6 Å². The molecule has 7 nitrogen and oxygen atoms in total. The molecule has 0 aliphatic carbocycles. The second kappa shape index (κ2) is 10.3. The lowest BCUT2D eigenvalue weighted by Gasteiger charge is -2.22. The maximum atomic E-state index is 11.9. The summed E-state index contributed by atoms with van der Waals surface area (Å²) in [5.41, 5.74) is 2.87. The molecule has 29 heavy (non-hydrogen) atoms. The van der Waals surface area contributed by atoms with E-state index in [1.54, 1.807) is 11.8 Å². The van der Waals surface area contributed by atoms with E-state index in [-0.39, 0.29) is 24.5 Å². The van der Waals surface area contributed by atoms with Crippen molar-refractivity contribution in [2.24, 2.45) is 5.92 Å². The number of carbonyl (C=O) groups is 1. The van der Waals surface area contributed by atoms with Gasteiger partial charge in [-0.3, -0.25) is 9.48 Å². The summed E-state index contributed by atoms with van der Waals surface area (Å²) in [4.78, 5) is 13.8. The van der Waals surface area contributed by atoms with Gasteiger partial charge in [0.1, 0.15) is 0 Å². The van der Waals surface area contributed by atoms with E-state index in [4.69, 9.17) is 9.84 Å². The van der Waals surface area contributed by atoms with Crippen LogP contribution in [0, 0.1) is 5.92 Å². The van der Waals surface area contributed by atoms with Crippen LogP contribution < -0.4 is 4.90 Å². The Kier molecular flexibility index (Phi) is 7.55. The van der Waals surface area contributed by atoms with Crippen molar-refractivity contribution in [1.82, 2.24) is 15.0 Å². The fourth-order valence-electron chi connectivity index (χ4n) is 3.71. The van der Waals surface area contributed by atoms with Crippen LogP contribution in [0.4, 0.5) is 5.69 Å². The van der Waals surface area contributed by atoms with Gasteiger partial charge in [-0.2, -0.15) is 0 Å². The van der Waals surface area contributed by atoms with Crippen LogP contribution in [0.1, 0.15) is 43.5 Å². The lowest BCUT2D eigenvalue weighted by Crippen LogP contribution is -2.23. The van der Waals surface area contributed by atoms with E-state index in [1.165, 1.54) is 0 Å². The van der Waals surface area contributed by atoms with Crippen molar-refractivity contribution in [3.63, 3.8) is 0 Å². The smallest absolute Gasteiger partial charge is 0.227 e. The molecule has 3 rings (SSSR count). The molecule has 0 bridgehead atoms. The van der Waals surface area contributed by atoms with E-state index < -0.39 is 0 Å². The highest BCUT2D eigenvalue weighted by molar-refractivity contribution is 5.95. The standard InChI is InChI=1S/C22H30N4O3/c1-17(6-3-4-13-25-16-19(12-15-27)23-24-25)22(29-2)18-8-10-20(11-9-18)26-14-5-7-21(26)28/h3,6,8-11,16-17,22,27H,4-5,7,12-15H2,1-2H3/b6-3+/t17-,22+/m0/s1. The van der Waals surface area contributed by atoms with Gasteiger partial charge in [-0.05, 0) is 30.5 Å². The third-order valence-corrected chi connectivity index (χ3v) is 5.26. The van der Waals surface area contributed by atoms with Gasteiger partial charge in [0.2, 0.25) is 5.91 Å². The molecular formula is C22H30N4O3. The Balaban J connectivity index is 1.54. The first-order valence-electron chi connectivity index (χ1n) is 10.2. The zero-order valence-electron chi connectivity index (χ0n) is 17.2. The minimum Gasteiger partial charge on any atom is -0.396 e. The van der Waals surface area contributed by atoms with Crippen LogP contribution in [0.25, 0.3) is 0 Å². The Morgan fingerprint density at radius 1 is 1.31 bits per heavy atom. The van der Waals surface area contributed by atoms with Gasteiger partial charge < -0.3 is 14.7 Å². The van der Waals surface area contributed by atoms with E-state index in [0.29, 0.717) is 12.8 Å². The number of carbonyl (C=O) groups excluding carboxylic acids is 1. The minimum absolute atomic E-state index is 0.0443. The van der Waals surface area contributed by atoms with Crippen molar-refractivity contribution in [2.45, 2.75) is 45.3 Å². The number of benzene rings is 1. The number of rotatable bonds is 10. The lowest BCUT2D eigenvalue weighted by atomic mass is 9.96. The molecule has 1 aromatic carbocycles. The molecule has 1 aliphatic rings. The van der Waals surface area contributed by atoms with Crippen LogP contribution in [-0.2, 0) is 22.5 Å². The van der Waals surface area contributed by atoms with E-state index in [2.05, 4.69) is 41.5 Å². The minimum atomic E-state index is -0.0443. The van der Waals surface area contributed by atoms with E-state index in [9.17, 15) is 4.79 Å². The molecule has 2 atom stereocenters. The average Bonchev–Trinajstić information content (AvgIpc) is 3.35. The summed E-state index contributed by atoms with van der Waals surface area (Å²) in [7, 11) is 1.73. The molecule has 0 spiro atoms. The molecule has 1 aromatic heterocycles. The molecule has 1 saturated heterocycles. The van der Waals surface area contributed by atoms with Crippen molar-refractivity contribution in [1.29, 1.82) is 0 Å². The highest BCUT2D eigenvalue weighted by Gasteiger charge is 2.22. The van der Waals surface area contributed by atoms with Gasteiger partial charge in [0.15, 0.2) is 0 Å². The zero-order valence-corrected chi connectivity index (χ0v) is 17.2. The SMILES string of the molecule is CO[C@@H](c1ccc(N2CCCC2=O)cc1)[C@@H](C)/C=C/CCn1cc(CCO)nn1. The number of hydrogen-bond acceptors (Lipinski definition) is 5. The lowest BCUT2D eigenvalue weighted by molar-refractivity contribution is -0.117. The molecule has 0 saturated carbocycles. The van der Waals surface area contributed by atoms with Gasteiger partial charge in [0.25, 0.3) is 0 Å². The van der Waals surface area contributed by atoms with Crippen LogP contribution in [0.2, 0.25) is 0 Å². The molecule has 2 heterocycles. The Labute approximate surface area is 172 Å². The highest BCUT2D eigenvalue weighted by Crippen LogP contribution is 2.29. The number of aryl methyl sites for hydroxylation is 1. The number of methoxy groups -OCH3 is 1. The Morgan fingerprint density at radius 2 is 2.10 bits per heavy atom. The number of ether oxygens (including phenoxy) is 1. The fourth-order valence-corrected chi connectivity index (χ4v) is 3.71. The number of anilines is 1. The molecule has 7 heteroatoms. The second-order valence-electron chi connectivity index (χ2n) is 7.42. The second-order valence-corrected chi connectivity index (χ2v) is 7.42. The highest BCUT2D eigenvalue weighted by atomic mass is 16.5. The summed E-state index contributed by atoms with van der Waals surface area (Å²) < 4.78 is 7.54. The summed E-state index contributed by atoms with van der Waals surface area (Å²) in [6, 6.07) is 8.13. The van der Waals surface area contributed by atoms with Crippen LogP contribution >= 0.6 is 0 Å². The monoisotopic (exact) mass is 398 g/mol. The molecule has 1 aliphatic heterocycles. The number of hydrogen-bond donors (Lipinski definition) is 1. The van der Waals surface area contributed by atoms with E-state index in [1.807, 2.05) is 23.2 Å². The van der Waals surface area contributed by atoms with Crippen molar-refractivity contribution in [3.8, 4) is 0 Å². The van der Waals surface area contributed by atoms with E-state index in [0.717, 1.165) is 42.9 Å². The number of nitrogens with zero attached hydrogens (tertiary/aromatic N) is 4. The predicted octanol–water partition coefficient (Wildman–Crippen LogP) is 2.91. The Hall–Kier alpha value is -2.51. The molecule has 1 amide bonds. The Morgan fingerprint density at radius 3 is 2.76 bits per heavy atom. The molecule has 2 aromatic rings. The van der Waals surface area contributed by atoms with Gasteiger partial charge in [-0.25, -0.2) is 0 Å². The van der Waals surface area contributed by atoms with Crippen LogP contribution in [0.3, 0.4) is 0 Å². The predicted molar refractivity (Wildman–Crippen MR) is 112 cm³/mol. The zero-order chi connectivity index (χ0) is 20.6. The van der Waals surface area contributed by atoms with Gasteiger partial charge in [-0.1, -0.05) is 36.4 Å². The quantitative estimate of drug-likeness (QED) is 0.623. The van der Waals surface area contributed by atoms with Crippen LogP contribution in [0.15, 0.2) is 42.6 Å². The number of allylic oxidation sites excluding steroid dienone is 1. The average molecular weight is 399 g/mol. The maximum Gasteiger partial charge on any atom is 0.227 e. The topological polar surface area (TPSA) is 80.5 Å². The fraction of sp³-hybridized carbons (Fsp3) is 0.500. The van der Waals surface area contributed by atoms with Gasteiger partial charge in [0, 0.05) is 57.4 Å². The largest absolute Gasteiger partial charge is 0.396 e. The van der Waals surface area contributed by atoms with Crippen LogP contribution in [-0.4, -0.2) is 46.3 Å². The number of aromatic nitrogens is 3. The molecule has 1 fully saturated rings. The number of aliphatic hydroxyl groups excluding tert-OH is 1. The third kappa shape index (κ3) is 5.52. The van der Waals surface area contributed by atoms with Crippen molar-refractivity contribution in [3.05, 3.63) is 53.9 Å². The maximum absolute atomic E-state index is 11.9. The molecule has 156 valence electrons. The van der Waals surface area contributed by atoms with E-state index >= 15 is 0 Å². The third-order valence-electron chi connectivity index (χ3n) is 5.26. The van der Waals surface area contributed by atoms with Gasteiger partial charge in [-0.15, -0.1) is 5.10 Å². The van der Waals surface area contributed by atoms with Crippen molar-refractivity contribution in [2.75, 3.05) is 25.2 Å². The summed E-state index contributed by atoms with van der Waals surface area (Å²) in [6.45, 7) is 3.78. The van der Waals surface area contributed by atoms with Gasteiger partial charge >= 0.3 is 0 Å². The first-order chi connectivity index (χ1) is 14.1. The summed E-state index contributed by atoms with van der Waals surface area (Å²) in [5, 5.41) is 17.0. The van der Waals surface area contributed by atoms with Crippen LogP contribution in [0.5, 0.6) is 0 Å². The Bertz CT molecular complexity index is 816. The normalized spacial score (nSPS) is 16.7. The summed E-state index contributed by atoms with van der Waals surface area (Å²) in [6.07, 6.45) is 9.09. The summed E-state index contributed by atoms with van der Waals surface area (Å²) in [5.74, 6) is 0.410. The number of amides is 1. The summed E-state index contributed by atoms with van der Waals surface area (Å²) >= 11 is 0.